The fourth-order valence-corrected chi connectivity index (χ4v) is 3.21. The van der Waals surface area contributed by atoms with Crippen LogP contribution in [0, 0.1) is 5.92 Å². The summed E-state index contributed by atoms with van der Waals surface area (Å²) in [7, 11) is 2.89. The highest BCUT2D eigenvalue weighted by atomic mass is 35.5. The van der Waals surface area contributed by atoms with Crippen molar-refractivity contribution in [2.75, 3.05) is 14.2 Å². The molecular formula is C14H15ClN2O4. The molecule has 6 nitrogen and oxygen atoms in total. The van der Waals surface area contributed by atoms with Gasteiger partial charge in [0.1, 0.15) is 11.7 Å². The monoisotopic (exact) mass is 310 g/mol. The number of hydrogen-bond donors (Lipinski definition) is 1. The largest absolute Gasteiger partial charge is 0.469 e. The highest BCUT2D eigenvalue weighted by molar-refractivity contribution is 6.32. The molecule has 2 bridgehead atoms. The first-order valence-electron chi connectivity index (χ1n) is 6.49. The van der Waals surface area contributed by atoms with Crippen molar-refractivity contribution in [1.82, 2.24) is 10.2 Å². The summed E-state index contributed by atoms with van der Waals surface area (Å²) in [4.78, 5) is 25.7. The highest BCUT2D eigenvalue weighted by Crippen LogP contribution is 2.50. The number of urea groups is 1. The molecule has 1 fully saturated rings. The van der Waals surface area contributed by atoms with Crippen LogP contribution in [0.15, 0.2) is 18.2 Å². The SMILES string of the molecule is COC(=O)C1C2NC(=O)N(C)C1(C)Oc1c(Cl)cccc12. The van der Waals surface area contributed by atoms with E-state index in [1.807, 2.05) is 0 Å². The molecule has 0 radical (unpaired) electrons. The van der Waals surface area contributed by atoms with Gasteiger partial charge in [-0.1, -0.05) is 23.7 Å². The normalized spacial score (nSPS) is 30.1. The summed E-state index contributed by atoms with van der Waals surface area (Å²) in [6, 6.07) is 4.40. The first-order chi connectivity index (χ1) is 9.90. The number of halogens is 1. The number of amides is 2. The third kappa shape index (κ3) is 1.78. The number of carbonyl (C=O) groups is 2. The van der Waals surface area contributed by atoms with E-state index in [9.17, 15) is 9.59 Å². The van der Waals surface area contributed by atoms with Gasteiger partial charge in [-0.05, 0) is 13.0 Å². The molecular weight excluding hydrogens is 296 g/mol. The van der Waals surface area contributed by atoms with Gasteiger partial charge in [0.2, 0.25) is 0 Å². The summed E-state index contributed by atoms with van der Waals surface area (Å²) in [6.07, 6.45) is 0. The molecule has 2 aliphatic heterocycles. The van der Waals surface area contributed by atoms with Gasteiger partial charge in [0.05, 0.1) is 18.2 Å². The summed E-state index contributed by atoms with van der Waals surface area (Å²) < 4.78 is 10.9. The van der Waals surface area contributed by atoms with E-state index < -0.39 is 23.7 Å². The minimum Gasteiger partial charge on any atom is -0.469 e. The summed E-state index contributed by atoms with van der Waals surface area (Å²) in [6.45, 7) is 1.69. The van der Waals surface area contributed by atoms with Crippen LogP contribution < -0.4 is 10.1 Å². The van der Waals surface area contributed by atoms with E-state index in [0.29, 0.717) is 16.3 Å². The van der Waals surface area contributed by atoms with Gasteiger partial charge < -0.3 is 14.8 Å². The topological polar surface area (TPSA) is 67.9 Å². The van der Waals surface area contributed by atoms with E-state index in [1.165, 1.54) is 12.0 Å². The molecule has 2 aliphatic rings. The molecule has 0 saturated carbocycles. The van der Waals surface area contributed by atoms with Gasteiger partial charge in [-0.15, -0.1) is 0 Å². The Morgan fingerprint density at radius 2 is 2.24 bits per heavy atom. The number of hydrogen-bond acceptors (Lipinski definition) is 4. The molecule has 1 saturated heterocycles. The molecule has 2 amide bonds. The number of methoxy groups -OCH3 is 1. The van der Waals surface area contributed by atoms with Gasteiger partial charge >= 0.3 is 12.0 Å². The van der Waals surface area contributed by atoms with Gasteiger partial charge in [0.15, 0.2) is 5.72 Å². The fraction of sp³-hybridized carbons (Fsp3) is 0.429. The van der Waals surface area contributed by atoms with E-state index in [4.69, 9.17) is 21.1 Å². The maximum Gasteiger partial charge on any atom is 0.320 e. The Labute approximate surface area is 127 Å². The number of fused-ring (bicyclic) bond motifs is 4. The Morgan fingerprint density at radius 1 is 1.52 bits per heavy atom. The van der Waals surface area contributed by atoms with Crippen molar-refractivity contribution in [3.05, 3.63) is 28.8 Å². The number of nitrogens with one attached hydrogen (secondary N) is 1. The van der Waals surface area contributed by atoms with E-state index in [0.717, 1.165) is 0 Å². The number of para-hydroxylation sites is 1. The zero-order valence-corrected chi connectivity index (χ0v) is 12.6. The zero-order valence-electron chi connectivity index (χ0n) is 11.8. The summed E-state index contributed by atoms with van der Waals surface area (Å²) in [5.41, 5.74) is -0.477. The Morgan fingerprint density at radius 3 is 2.90 bits per heavy atom. The Hall–Kier alpha value is -1.95. The molecule has 3 rings (SSSR count). The lowest BCUT2D eigenvalue weighted by molar-refractivity contribution is -0.173. The third-order valence-corrected chi connectivity index (χ3v) is 4.55. The van der Waals surface area contributed by atoms with Crippen molar-refractivity contribution >= 4 is 23.6 Å². The molecule has 21 heavy (non-hydrogen) atoms. The average molecular weight is 311 g/mol. The number of carbonyl (C=O) groups excluding carboxylic acids is 2. The lowest BCUT2D eigenvalue weighted by Gasteiger charge is -2.53. The van der Waals surface area contributed by atoms with E-state index in [2.05, 4.69) is 5.32 Å². The number of nitrogens with zero attached hydrogens (tertiary/aromatic N) is 1. The smallest absolute Gasteiger partial charge is 0.320 e. The molecule has 3 unspecified atom stereocenters. The zero-order chi connectivity index (χ0) is 15.4. The van der Waals surface area contributed by atoms with Crippen molar-refractivity contribution < 1.29 is 19.1 Å². The van der Waals surface area contributed by atoms with Crippen LogP contribution in [0.4, 0.5) is 4.79 Å². The molecule has 0 aromatic heterocycles. The van der Waals surface area contributed by atoms with Crippen molar-refractivity contribution in [3.63, 3.8) is 0 Å². The minimum absolute atomic E-state index is 0.312. The Kier molecular flexibility index (Phi) is 3.02. The molecule has 0 aliphatic carbocycles. The van der Waals surface area contributed by atoms with Crippen molar-refractivity contribution in [2.24, 2.45) is 5.92 Å². The van der Waals surface area contributed by atoms with Gasteiger partial charge in [0, 0.05) is 12.6 Å². The van der Waals surface area contributed by atoms with Crippen LogP contribution in [-0.4, -0.2) is 36.8 Å². The van der Waals surface area contributed by atoms with E-state index >= 15 is 0 Å². The van der Waals surface area contributed by atoms with Crippen LogP contribution in [0.5, 0.6) is 5.75 Å². The average Bonchev–Trinajstić information content (AvgIpc) is 2.46. The molecule has 1 aromatic rings. The summed E-state index contributed by atoms with van der Waals surface area (Å²) in [5.74, 6) is -0.644. The molecule has 1 aromatic carbocycles. The second-order valence-corrected chi connectivity index (χ2v) is 5.71. The maximum atomic E-state index is 12.2. The molecule has 7 heteroatoms. The van der Waals surface area contributed by atoms with Gasteiger partial charge in [-0.3, -0.25) is 9.69 Å². The molecule has 112 valence electrons. The number of rotatable bonds is 1. The van der Waals surface area contributed by atoms with Gasteiger partial charge in [-0.25, -0.2) is 4.79 Å². The van der Waals surface area contributed by atoms with Crippen LogP contribution in [0.25, 0.3) is 0 Å². The lowest BCUT2D eigenvalue weighted by Crippen LogP contribution is -2.70. The molecule has 0 spiro atoms. The van der Waals surface area contributed by atoms with Crippen molar-refractivity contribution in [3.8, 4) is 5.75 Å². The van der Waals surface area contributed by atoms with Crippen LogP contribution in [0.1, 0.15) is 18.5 Å². The van der Waals surface area contributed by atoms with E-state index in [-0.39, 0.29) is 6.03 Å². The van der Waals surface area contributed by atoms with Crippen LogP contribution in [-0.2, 0) is 9.53 Å². The van der Waals surface area contributed by atoms with E-state index in [1.54, 1.807) is 32.2 Å². The standard InChI is InChI=1S/C14H15ClN2O4/c1-14-9(12(18)20-3)10(16-13(19)17(14)2)7-5-4-6-8(15)11(7)21-14/h4-6,9-10H,1-3H3,(H,16,19). The molecule has 2 heterocycles. The predicted molar refractivity (Wildman–Crippen MR) is 75.0 cm³/mol. The second kappa shape index (κ2) is 4.53. The molecule has 1 N–H and O–H groups in total. The summed E-state index contributed by atoms with van der Waals surface area (Å²) in [5, 5.41) is 3.26. The van der Waals surface area contributed by atoms with Crippen LogP contribution in [0.3, 0.4) is 0 Å². The first kappa shape index (κ1) is 14.0. The minimum atomic E-state index is -1.15. The van der Waals surface area contributed by atoms with Crippen LogP contribution in [0.2, 0.25) is 5.02 Å². The van der Waals surface area contributed by atoms with Crippen molar-refractivity contribution in [2.45, 2.75) is 18.7 Å². The molecule has 3 atom stereocenters. The van der Waals surface area contributed by atoms with Crippen LogP contribution >= 0.6 is 11.6 Å². The first-order valence-corrected chi connectivity index (χ1v) is 6.87. The third-order valence-electron chi connectivity index (χ3n) is 4.26. The fourth-order valence-electron chi connectivity index (χ4n) is 2.99. The summed E-state index contributed by atoms with van der Waals surface area (Å²) >= 11 is 6.19. The number of ether oxygens (including phenoxy) is 2. The predicted octanol–water partition coefficient (Wildman–Crippen LogP) is 1.93. The highest BCUT2D eigenvalue weighted by Gasteiger charge is 2.59. The lowest BCUT2D eigenvalue weighted by atomic mass is 9.79. The number of benzene rings is 1. The number of esters is 1. The Bertz CT molecular complexity index is 635. The van der Waals surface area contributed by atoms with Gasteiger partial charge in [0.25, 0.3) is 0 Å². The quantitative estimate of drug-likeness (QED) is 0.805. The second-order valence-electron chi connectivity index (χ2n) is 5.30. The Balaban J connectivity index is 2.22. The van der Waals surface area contributed by atoms with Crippen molar-refractivity contribution in [1.29, 1.82) is 0 Å². The van der Waals surface area contributed by atoms with Gasteiger partial charge in [-0.2, -0.15) is 0 Å². The maximum absolute atomic E-state index is 12.2.